The fourth-order valence-corrected chi connectivity index (χ4v) is 2.53. The number of rotatable bonds is 5. The van der Waals surface area contributed by atoms with Gasteiger partial charge in [0.15, 0.2) is 0 Å². The summed E-state index contributed by atoms with van der Waals surface area (Å²) in [7, 11) is 0. The van der Waals surface area contributed by atoms with Gasteiger partial charge in [0.1, 0.15) is 0 Å². The van der Waals surface area contributed by atoms with Crippen molar-refractivity contribution in [2.75, 3.05) is 6.54 Å². The van der Waals surface area contributed by atoms with Gasteiger partial charge in [0.25, 0.3) is 0 Å². The molecule has 21 heavy (non-hydrogen) atoms. The maximum Gasteiger partial charge on any atom is 0.315 e. The van der Waals surface area contributed by atoms with Crippen molar-refractivity contribution in [3.63, 3.8) is 0 Å². The monoisotopic (exact) mass is 346 g/mol. The van der Waals surface area contributed by atoms with E-state index in [1.807, 2.05) is 30.3 Å². The Kier molecular flexibility index (Phi) is 5.81. The topological polar surface area (TPSA) is 41.1 Å². The zero-order valence-corrected chi connectivity index (χ0v) is 13.6. The fraction of sp³-hybridized carbons (Fsp3) is 0.235. The fourth-order valence-electron chi connectivity index (χ4n) is 2.08. The van der Waals surface area contributed by atoms with E-state index in [0.29, 0.717) is 13.1 Å². The maximum atomic E-state index is 11.7. The SMILES string of the molecule is Cc1cccc(CCNC(=O)NCc2cccc(Br)c2)c1. The van der Waals surface area contributed by atoms with E-state index in [0.717, 1.165) is 16.5 Å². The third-order valence-electron chi connectivity index (χ3n) is 3.12. The highest BCUT2D eigenvalue weighted by Crippen LogP contribution is 2.11. The van der Waals surface area contributed by atoms with Crippen molar-refractivity contribution in [3.05, 3.63) is 69.7 Å². The molecule has 4 heteroatoms. The third kappa shape index (κ3) is 5.60. The number of nitrogens with one attached hydrogen (secondary N) is 2. The van der Waals surface area contributed by atoms with Crippen LogP contribution in [0.4, 0.5) is 4.79 Å². The van der Waals surface area contributed by atoms with Gasteiger partial charge in [-0.3, -0.25) is 0 Å². The van der Waals surface area contributed by atoms with Crippen LogP contribution in [0.25, 0.3) is 0 Å². The van der Waals surface area contributed by atoms with E-state index < -0.39 is 0 Å². The van der Waals surface area contributed by atoms with Crippen LogP contribution in [0.5, 0.6) is 0 Å². The van der Waals surface area contributed by atoms with Crippen molar-refractivity contribution in [2.45, 2.75) is 19.9 Å². The van der Waals surface area contributed by atoms with Crippen LogP contribution in [0.1, 0.15) is 16.7 Å². The molecule has 0 bridgehead atoms. The van der Waals surface area contributed by atoms with Crippen molar-refractivity contribution in [2.24, 2.45) is 0 Å². The second kappa shape index (κ2) is 7.84. The lowest BCUT2D eigenvalue weighted by atomic mass is 10.1. The minimum Gasteiger partial charge on any atom is -0.338 e. The quantitative estimate of drug-likeness (QED) is 0.849. The molecule has 110 valence electrons. The van der Waals surface area contributed by atoms with Crippen LogP contribution in [-0.4, -0.2) is 12.6 Å². The van der Waals surface area contributed by atoms with E-state index in [-0.39, 0.29) is 6.03 Å². The predicted octanol–water partition coefficient (Wildman–Crippen LogP) is 3.80. The molecular weight excluding hydrogens is 328 g/mol. The molecule has 2 rings (SSSR count). The van der Waals surface area contributed by atoms with Crippen LogP contribution in [0, 0.1) is 6.92 Å². The molecule has 0 atom stereocenters. The average molecular weight is 347 g/mol. The Morgan fingerprint density at radius 1 is 1.05 bits per heavy atom. The summed E-state index contributed by atoms with van der Waals surface area (Å²) in [5.74, 6) is 0. The number of benzene rings is 2. The highest BCUT2D eigenvalue weighted by Gasteiger charge is 2.01. The number of halogens is 1. The van der Waals surface area contributed by atoms with Gasteiger partial charge in [-0.2, -0.15) is 0 Å². The van der Waals surface area contributed by atoms with Gasteiger partial charge in [0.2, 0.25) is 0 Å². The molecular formula is C17H19BrN2O. The Labute approximate surface area is 133 Å². The molecule has 2 N–H and O–H groups in total. The van der Waals surface area contributed by atoms with Crippen LogP contribution in [0.15, 0.2) is 53.0 Å². The van der Waals surface area contributed by atoms with E-state index in [2.05, 4.69) is 51.7 Å². The molecule has 2 aromatic rings. The number of carbonyl (C=O) groups is 1. The lowest BCUT2D eigenvalue weighted by Gasteiger charge is -2.08. The summed E-state index contributed by atoms with van der Waals surface area (Å²) >= 11 is 3.41. The van der Waals surface area contributed by atoms with Crippen molar-refractivity contribution in [1.82, 2.24) is 10.6 Å². The normalized spacial score (nSPS) is 10.2. The van der Waals surface area contributed by atoms with Gasteiger partial charge in [0.05, 0.1) is 0 Å². The largest absolute Gasteiger partial charge is 0.338 e. The first-order chi connectivity index (χ1) is 10.1. The van der Waals surface area contributed by atoms with Crippen LogP contribution >= 0.6 is 15.9 Å². The summed E-state index contributed by atoms with van der Waals surface area (Å²) in [6, 6.07) is 16.1. The molecule has 2 aromatic carbocycles. The predicted molar refractivity (Wildman–Crippen MR) is 89.3 cm³/mol. The number of carbonyl (C=O) groups excluding carboxylic acids is 1. The molecule has 0 saturated heterocycles. The van der Waals surface area contributed by atoms with E-state index in [4.69, 9.17) is 0 Å². The third-order valence-corrected chi connectivity index (χ3v) is 3.62. The lowest BCUT2D eigenvalue weighted by molar-refractivity contribution is 0.240. The molecule has 0 aliphatic heterocycles. The van der Waals surface area contributed by atoms with E-state index in [1.165, 1.54) is 11.1 Å². The van der Waals surface area contributed by atoms with Crippen LogP contribution in [0.3, 0.4) is 0 Å². The molecule has 0 aromatic heterocycles. The van der Waals surface area contributed by atoms with Gasteiger partial charge in [-0.15, -0.1) is 0 Å². The zero-order valence-electron chi connectivity index (χ0n) is 12.0. The van der Waals surface area contributed by atoms with Crippen LogP contribution in [0.2, 0.25) is 0 Å². The van der Waals surface area contributed by atoms with Gasteiger partial charge < -0.3 is 10.6 Å². The molecule has 0 fully saturated rings. The molecule has 0 saturated carbocycles. The zero-order chi connectivity index (χ0) is 15.1. The Hall–Kier alpha value is -1.81. The first kappa shape index (κ1) is 15.6. The smallest absolute Gasteiger partial charge is 0.315 e. The summed E-state index contributed by atoms with van der Waals surface area (Å²) in [6.07, 6.45) is 0.839. The van der Waals surface area contributed by atoms with Gasteiger partial charge in [-0.1, -0.05) is 57.9 Å². The summed E-state index contributed by atoms with van der Waals surface area (Å²) in [5.41, 5.74) is 3.55. The Morgan fingerprint density at radius 2 is 1.81 bits per heavy atom. The van der Waals surface area contributed by atoms with Crippen molar-refractivity contribution in [3.8, 4) is 0 Å². The van der Waals surface area contributed by atoms with E-state index >= 15 is 0 Å². The standard InChI is InChI=1S/C17H19BrN2O/c1-13-4-2-5-14(10-13)8-9-19-17(21)20-12-15-6-3-7-16(18)11-15/h2-7,10-11H,8-9,12H2,1H3,(H2,19,20,21). The molecule has 0 spiro atoms. The van der Waals surface area contributed by atoms with Gasteiger partial charge in [-0.25, -0.2) is 4.79 Å². The Bertz CT molecular complexity index is 613. The summed E-state index contributed by atoms with van der Waals surface area (Å²) in [5, 5.41) is 5.73. The molecule has 0 unspecified atom stereocenters. The van der Waals surface area contributed by atoms with Crippen LogP contribution < -0.4 is 10.6 Å². The minimum absolute atomic E-state index is 0.136. The lowest BCUT2D eigenvalue weighted by Crippen LogP contribution is -2.36. The number of aryl methyl sites for hydroxylation is 1. The maximum absolute atomic E-state index is 11.7. The Morgan fingerprint density at radius 3 is 2.57 bits per heavy atom. The van der Waals surface area contributed by atoms with Crippen molar-refractivity contribution in [1.29, 1.82) is 0 Å². The van der Waals surface area contributed by atoms with Crippen molar-refractivity contribution >= 4 is 22.0 Å². The summed E-state index contributed by atoms with van der Waals surface area (Å²) < 4.78 is 1.02. The molecule has 0 aliphatic rings. The van der Waals surface area contributed by atoms with Crippen LogP contribution in [-0.2, 0) is 13.0 Å². The number of hydrogen-bond donors (Lipinski definition) is 2. The van der Waals surface area contributed by atoms with Gasteiger partial charge in [0, 0.05) is 17.6 Å². The van der Waals surface area contributed by atoms with Gasteiger partial charge in [-0.05, 0) is 36.6 Å². The first-order valence-electron chi connectivity index (χ1n) is 6.95. The molecule has 0 radical (unpaired) electrons. The molecule has 2 amide bonds. The van der Waals surface area contributed by atoms with E-state index in [1.54, 1.807) is 0 Å². The molecule has 3 nitrogen and oxygen atoms in total. The second-order valence-electron chi connectivity index (χ2n) is 4.98. The second-order valence-corrected chi connectivity index (χ2v) is 5.89. The Balaban J connectivity index is 1.70. The highest BCUT2D eigenvalue weighted by molar-refractivity contribution is 9.10. The van der Waals surface area contributed by atoms with E-state index in [9.17, 15) is 4.79 Å². The summed E-state index contributed by atoms with van der Waals surface area (Å²) in [6.45, 7) is 3.23. The average Bonchev–Trinajstić information content (AvgIpc) is 2.45. The summed E-state index contributed by atoms with van der Waals surface area (Å²) in [4.78, 5) is 11.7. The first-order valence-corrected chi connectivity index (χ1v) is 7.74. The number of amides is 2. The minimum atomic E-state index is -0.136. The number of urea groups is 1. The number of hydrogen-bond acceptors (Lipinski definition) is 1. The molecule has 0 aliphatic carbocycles. The highest BCUT2D eigenvalue weighted by atomic mass is 79.9. The van der Waals surface area contributed by atoms with Gasteiger partial charge >= 0.3 is 6.03 Å². The van der Waals surface area contributed by atoms with Crippen molar-refractivity contribution < 1.29 is 4.79 Å². The molecule has 0 heterocycles.